The van der Waals surface area contributed by atoms with Crippen LogP contribution in [0.25, 0.3) is 11.1 Å². The lowest BCUT2D eigenvalue weighted by molar-refractivity contribution is 0.727. The van der Waals surface area contributed by atoms with Crippen LogP contribution in [0.4, 0.5) is 0 Å². The first kappa shape index (κ1) is 11.4. The molecule has 0 bridgehead atoms. The Morgan fingerprint density at radius 1 is 1.12 bits per heavy atom. The summed E-state index contributed by atoms with van der Waals surface area (Å²) in [6.45, 7) is 6.28. The predicted octanol–water partition coefficient (Wildman–Crippen LogP) is 3.83. The van der Waals surface area contributed by atoms with E-state index >= 15 is 0 Å². The molecular formula is C14H17NS. The summed E-state index contributed by atoms with van der Waals surface area (Å²) in [7, 11) is 0. The van der Waals surface area contributed by atoms with Crippen molar-refractivity contribution >= 4 is 11.3 Å². The van der Waals surface area contributed by atoms with Gasteiger partial charge in [0, 0.05) is 11.4 Å². The highest BCUT2D eigenvalue weighted by molar-refractivity contribution is 7.10. The quantitative estimate of drug-likeness (QED) is 0.843. The van der Waals surface area contributed by atoms with Gasteiger partial charge in [0.25, 0.3) is 0 Å². The SMILES string of the molecule is CCNCc1ccc(-c2ccsc2C)cc1. The maximum Gasteiger partial charge on any atom is 0.0205 e. The van der Waals surface area contributed by atoms with Crippen LogP contribution < -0.4 is 5.32 Å². The average Bonchev–Trinajstić information content (AvgIpc) is 2.74. The lowest BCUT2D eigenvalue weighted by Gasteiger charge is -2.04. The van der Waals surface area contributed by atoms with E-state index in [0.717, 1.165) is 13.1 Å². The first-order valence-corrected chi connectivity index (χ1v) is 6.53. The minimum absolute atomic E-state index is 0.958. The van der Waals surface area contributed by atoms with Gasteiger partial charge in [-0.3, -0.25) is 0 Å². The second kappa shape index (κ2) is 5.28. The van der Waals surface area contributed by atoms with Gasteiger partial charge in [0.1, 0.15) is 0 Å². The summed E-state index contributed by atoms with van der Waals surface area (Å²) in [5.74, 6) is 0. The summed E-state index contributed by atoms with van der Waals surface area (Å²) in [5.41, 5.74) is 4.03. The van der Waals surface area contributed by atoms with Crippen LogP contribution in [0, 0.1) is 6.92 Å². The summed E-state index contributed by atoms with van der Waals surface area (Å²) in [4.78, 5) is 1.39. The third-order valence-corrected chi connectivity index (χ3v) is 3.55. The van der Waals surface area contributed by atoms with E-state index in [9.17, 15) is 0 Å². The maximum absolute atomic E-state index is 3.33. The first-order chi connectivity index (χ1) is 7.81. The molecule has 2 aromatic rings. The van der Waals surface area contributed by atoms with E-state index in [1.54, 1.807) is 11.3 Å². The Morgan fingerprint density at radius 3 is 2.44 bits per heavy atom. The molecule has 0 spiro atoms. The van der Waals surface area contributed by atoms with Crippen molar-refractivity contribution in [1.29, 1.82) is 0 Å². The molecule has 0 atom stereocenters. The zero-order chi connectivity index (χ0) is 11.4. The normalized spacial score (nSPS) is 10.6. The molecule has 0 aliphatic carbocycles. The Balaban J connectivity index is 2.16. The summed E-state index contributed by atoms with van der Waals surface area (Å²) in [5, 5.41) is 5.48. The van der Waals surface area contributed by atoms with Gasteiger partial charge in [-0.1, -0.05) is 31.2 Å². The van der Waals surface area contributed by atoms with Gasteiger partial charge in [0.05, 0.1) is 0 Å². The van der Waals surface area contributed by atoms with Crippen molar-refractivity contribution in [3.63, 3.8) is 0 Å². The van der Waals surface area contributed by atoms with Gasteiger partial charge in [0.15, 0.2) is 0 Å². The molecule has 84 valence electrons. The number of benzene rings is 1. The van der Waals surface area contributed by atoms with E-state index in [0.29, 0.717) is 0 Å². The van der Waals surface area contributed by atoms with Gasteiger partial charge in [-0.05, 0) is 41.6 Å². The highest BCUT2D eigenvalue weighted by Crippen LogP contribution is 2.27. The third-order valence-electron chi connectivity index (χ3n) is 2.70. The molecule has 0 unspecified atom stereocenters. The van der Waals surface area contributed by atoms with Crippen LogP contribution in [0.15, 0.2) is 35.7 Å². The van der Waals surface area contributed by atoms with Gasteiger partial charge in [-0.2, -0.15) is 0 Å². The second-order valence-electron chi connectivity index (χ2n) is 3.87. The van der Waals surface area contributed by atoms with E-state index in [1.807, 2.05) is 0 Å². The Morgan fingerprint density at radius 2 is 1.88 bits per heavy atom. The average molecular weight is 231 g/mol. The van der Waals surface area contributed by atoms with Gasteiger partial charge in [-0.25, -0.2) is 0 Å². The molecule has 0 fully saturated rings. The molecule has 1 N–H and O–H groups in total. The summed E-state index contributed by atoms with van der Waals surface area (Å²) in [6.07, 6.45) is 0. The fourth-order valence-corrected chi connectivity index (χ4v) is 2.48. The Labute approximate surface area is 101 Å². The Kier molecular flexibility index (Phi) is 3.75. The standard InChI is InChI=1S/C14H17NS/c1-3-15-10-12-4-6-13(7-5-12)14-8-9-16-11(14)2/h4-9,15H,3,10H2,1-2H3. The largest absolute Gasteiger partial charge is 0.313 e. The molecule has 1 heterocycles. The predicted molar refractivity (Wildman–Crippen MR) is 71.9 cm³/mol. The zero-order valence-corrected chi connectivity index (χ0v) is 10.6. The van der Waals surface area contributed by atoms with Crippen molar-refractivity contribution in [3.05, 3.63) is 46.2 Å². The van der Waals surface area contributed by atoms with Gasteiger partial charge >= 0.3 is 0 Å². The zero-order valence-electron chi connectivity index (χ0n) is 9.79. The minimum atomic E-state index is 0.958. The van der Waals surface area contributed by atoms with E-state index in [-0.39, 0.29) is 0 Å². The van der Waals surface area contributed by atoms with Crippen molar-refractivity contribution in [2.45, 2.75) is 20.4 Å². The summed E-state index contributed by atoms with van der Waals surface area (Å²) >= 11 is 1.80. The molecule has 0 aliphatic rings. The minimum Gasteiger partial charge on any atom is -0.313 e. The van der Waals surface area contributed by atoms with Crippen molar-refractivity contribution in [1.82, 2.24) is 5.32 Å². The smallest absolute Gasteiger partial charge is 0.0205 e. The van der Waals surface area contributed by atoms with Crippen LogP contribution in [0.3, 0.4) is 0 Å². The van der Waals surface area contributed by atoms with Crippen LogP contribution in [-0.2, 0) is 6.54 Å². The van der Waals surface area contributed by atoms with Crippen LogP contribution in [0.5, 0.6) is 0 Å². The fraction of sp³-hybridized carbons (Fsp3) is 0.286. The Bertz CT molecular complexity index is 442. The molecule has 0 radical (unpaired) electrons. The van der Waals surface area contributed by atoms with E-state index in [2.05, 4.69) is 54.9 Å². The number of hydrogen-bond donors (Lipinski definition) is 1. The first-order valence-electron chi connectivity index (χ1n) is 5.65. The molecule has 1 nitrogen and oxygen atoms in total. The topological polar surface area (TPSA) is 12.0 Å². The number of rotatable bonds is 4. The lowest BCUT2D eigenvalue weighted by atomic mass is 10.1. The summed E-state index contributed by atoms with van der Waals surface area (Å²) < 4.78 is 0. The molecular weight excluding hydrogens is 214 g/mol. The van der Waals surface area contributed by atoms with Gasteiger partial charge in [-0.15, -0.1) is 11.3 Å². The fourth-order valence-electron chi connectivity index (χ4n) is 1.76. The van der Waals surface area contributed by atoms with Crippen LogP contribution in [0.2, 0.25) is 0 Å². The molecule has 1 aromatic heterocycles. The molecule has 0 saturated carbocycles. The van der Waals surface area contributed by atoms with Crippen LogP contribution in [0.1, 0.15) is 17.4 Å². The number of nitrogens with one attached hydrogen (secondary N) is 1. The second-order valence-corrected chi connectivity index (χ2v) is 4.99. The number of thiophene rings is 1. The summed E-state index contributed by atoms with van der Waals surface area (Å²) in [6, 6.07) is 11.0. The van der Waals surface area contributed by atoms with Crippen molar-refractivity contribution in [2.75, 3.05) is 6.54 Å². The van der Waals surface area contributed by atoms with E-state index < -0.39 is 0 Å². The van der Waals surface area contributed by atoms with Gasteiger partial charge < -0.3 is 5.32 Å². The maximum atomic E-state index is 3.33. The van der Waals surface area contributed by atoms with Crippen LogP contribution in [-0.4, -0.2) is 6.54 Å². The molecule has 2 rings (SSSR count). The number of hydrogen-bond acceptors (Lipinski definition) is 2. The molecule has 16 heavy (non-hydrogen) atoms. The number of aryl methyl sites for hydroxylation is 1. The van der Waals surface area contributed by atoms with Gasteiger partial charge in [0.2, 0.25) is 0 Å². The van der Waals surface area contributed by atoms with E-state index in [4.69, 9.17) is 0 Å². The van der Waals surface area contributed by atoms with Crippen LogP contribution >= 0.6 is 11.3 Å². The van der Waals surface area contributed by atoms with E-state index in [1.165, 1.54) is 21.6 Å². The molecule has 0 amide bonds. The lowest BCUT2D eigenvalue weighted by Crippen LogP contribution is -2.11. The third kappa shape index (κ3) is 2.52. The highest BCUT2D eigenvalue weighted by atomic mass is 32.1. The molecule has 1 aromatic carbocycles. The Hall–Kier alpha value is -1.12. The monoisotopic (exact) mass is 231 g/mol. The molecule has 2 heteroatoms. The van der Waals surface area contributed by atoms with Crippen molar-refractivity contribution < 1.29 is 0 Å². The van der Waals surface area contributed by atoms with Crippen molar-refractivity contribution in [3.8, 4) is 11.1 Å². The molecule has 0 aliphatic heterocycles. The highest BCUT2D eigenvalue weighted by Gasteiger charge is 2.02. The molecule has 0 saturated heterocycles. The van der Waals surface area contributed by atoms with Crippen molar-refractivity contribution in [2.24, 2.45) is 0 Å².